The third kappa shape index (κ3) is 2.70. The molecule has 1 unspecified atom stereocenters. The van der Waals surface area contributed by atoms with E-state index in [1.165, 1.54) is 0 Å². The van der Waals surface area contributed by atoms with Gasteiger partial charge < -0.3 is 25.4 Å². The van der Waals surface area contributed by atoms with E-state index < -0.39 is 30.5 Å². The lowest BCUT2D eigenvalue weighted by Crippen LogP contribution is -2.63. The van der Waals surface area contributed by atoms with Crippen LogP contribution in [0.3, 0.4) is 0 Å². The number of rotatable bonds is 3. The molecule has 0 aromatic heterocycles. The lowest BCUT2D eigenvalue weighted by Gasteiger charge is -2.41. The van der Waals surface area contributed by atoms with Crippen LogP contribution >= 0.6 is 0 Å². The molecule has 94 valence electrons. The van der Waals surface area contributed by atoms with Gasteiger partial charge in [0.2, 0.25) is 5.91 Å². The molecule has 0 bridgehead atoms. The van der Waals surface area contributed by atoms with Crippen LogP contribution in [0.25, 0.3) is 0 Å². The third-order valence-electron chi connectivity index (χ3n) is 2.82. The summed E-state index contributed by atoms with van der Waals surface area (Å²) in [4.78, 5) is 11.2. The molecular weight excluding hydrogens is 214 g/mol. The van der Waals surface area contributed by atoms with Crippen LogP contribution in [-0.4, -0.2) is 58.3 Å². The van der Waals surface area contributed by atoms with Gasteiger partial charge in [-0.05, 0) is 6.92 Å². The van der Waals surface area contributed by atoms with Gasteiger partial charge in [0, 0.05) is 6.42 Å². The second-order valence-corrected chi connectivity index (χ2v) is 3.99. The van der Waals surface area contributed by atoms with Crippen LogP contribution in [0.2, 0.25) is 0 Å². The summed E-state index contributed by atoms with van der Waals surface area (Å²) in [6, 6.07) is -0.648. The number of aliphatic hydroxyl groups is 3. The van der Waals surface area contributed by atoms with Gasteiger partial charge in [0.15, 0.2) is 0 Å². The van der Waals surface area contributed by atoms with E-state index in [2.05, 4.69) is 5.32 Å². The number of carbonyl (C=O) groups is 1. The minimum Gasteiger partial charge on any atom is -0.394 e. The molecule has 0 aromatic carbocycles. The molecule has 6 nitrogen and oxygen atoms in total. The van der Waals surface area contributed by atoms with Gasteiger partial charge in [0.25, 0.3) is 0 Å². The Kier molecular flexibility index (Phi) is 4.67. The van der Waals surface area contributed by atoms with E-state index in [1.54, 1.807) is 13.8 Å². The Bertz CT molecular complexity index is 247. The van der Waals surface area contributed by atoms with Crippen molar-refractivity contribution in [3.05, 3.63) is 0 Å². The summed E-state index contributed by atoms with van der Waals surface area (Å²) >= 11 is 0. The average molecular weight is 233 g/mol. The number of aliphatic hydroxyl groups excluding tert-OH is 3. The fraction of sp³-hybridized carbons (Fsp3) is 0.900. The molecule has 1 saturated heterocycles. The highest BCUT2D eigenvalue weighted by atomic mass is 16.5. The Morgan fingerprint density at radius 2 is 2.00 bits per heavy atom. The predicted octanol–water partition coefficient (Wildman–Crippen LogP) is -1.62. The van der Waals surface area contributed by atoms with Gasteiger partial charge in [-0.1, -0.05) is 6.92 Å². The summed E-state index contributed by atoms with van der Waals surface area (Å²) < 4.78 is 5.30. The maximum absolute atomic E-state index is 11.2. The van der Waals surface area contributed by atoms with Crippen LogP contribution in [0.4, 0.5) is 0 Å². The van der Waals surface area contributed by atoms with Gasteiger partial charge in [0.05, 0.1) is 18.8 Å². The largest absolute Gasteiger partial charge is 0.394 e. The molecule has 0 saturated carbocycles. The highest BCUT2D eigenvalue weighted by molar-refractivity contribution is 5.76. The second-order valence-electron chi connectivity index (χ2n) is 3.99. The summed E-state index contributed by atoms with van der Waals surface area (Å²) in [5, 5.41) is 30.9. The van der Waals surface area contributed by atoms with Gasteiger partial charge in [0.1, 0.15) is 18.3 Å². The van der Waals surface area contributed by atoms with Crippen LogP contribution < -0.4 is 5.32 Å². The molecule has 1 heterocycles. The van der Waals surface area contributed by atoms with Crippen LogP contribution in [0.15, 0.2) is 0 Å². The minimum absolute atomic E-state index is 0.214. The second kappa shape index (κ2) is 5.58. The highest BCUT2D eigenvalue weighted by Crippen LogP contribution is 2.20. The molecule has 4 N–H and O–H groups in total. The molecule has 0 aliphatic carbocycles. The summed E-state index contributed by atoms with van der Waals surface area (Å²) in [6.45, 7) is 3.01. The van der Waals surface area contributed by atoms with E-state index in [4.69, 9.17) is 9.84 Å². The maximum Gasteiger partial charge on any atom is 0.220 e. The minimum atomic E-state index is -1.19. The third-order valence-corrected chi connectivity index (χ3v) is 2.82. The summed E-state index contributed by atoms with van der Waals surface area (Å²) in [5.41, 5.74) is 0. The maximum atomic E-state index is 11.2. The smallest absolute Gasteiger partial charge is 0.220 e. The first-order chi connectivity index (χ1) is 7.51. The van der Waals surface area contributed by atoms with Crippen molar-refractivity contribution in [2.45, 2.75) is 50.7 Å². The van der Waals surface area contributed by atoms with Crippen LogP contribution in [0.1, 0.15) is 20.3 Å². The average Bonchev–Trinajstić information content (AvgIpc) is 2.28. The Balaban J connectivity index is 2.67. The lowest BCUT2D eigenvalue weighted by molar-refractivity contribution is -0.190. The van der Waals surface area contributed by atoms with Crippen molar-refractivity contribution >= 4 is 5.91 Å². The normalized spacial score (nSPS) is 39.4. The zero-order chi connectivity index (χ0) is 12.3. The molecule has 1 rings (SSSR count). The number of amides is 1. The van der Waals surface area contributed by atoms with E-state index >= 15 is 0 Å². The number of hydrogen-bond donors (Lipinski definition) is 4. The van der Waals surface area contributed by atoms with Gasteiger partial charge in [-0.3, -0.25) is 4.79 Å². The van der Waals surface area contributed by atoms with Gasteiger partial charge in [-0.25, -0.2) is 0 Å². The van der Waals surface area contributed by atoms with Crippen LogP contribution in [0.5, 0.6) is 0 Å². The highest BCUT2D eigenvalue weighted by Gasteiger charge is 2.42. The predicted molar refractivity (Wildman–Crippen MR) is 55.7 cm³/mol. The van der Waals surface area contributed by atoms with Gasteiger partial charge >= 0.3 is 0 Å². The zero-order valence-corrected chi connectivity index (χ0v) is 9.46. The number of carbonyl (C=O) groups excluding carboxylic acids is 1. The van der Waals surface area contributed by atoms with Gasteiger partial charge in [-0.2, -0.15) is 0 Å². The fourth-order valence-corrected chi connectivity index (χ4v) is 1.79. The Hall–Kier alpha value is -0.690. The van der Waals surface area contributed by atoms with Crippen molar-refractivity contribution < 1.29 is 24.9 Å². The fourth-order valence-electron chi connectivity index (χ4n) is 1.79. The van der Waals surface area contributed by atoms with E-state index in [-0.39, 0.29) is 12.5 Å². The quantitative estimate of drug-likeness (QED) is 0.470. The molecular formula is C10H19NO5. The number of hydrogen-bond acceptors (Lipinski definition) is 5. The monoisotopic (exact) mass is 233 g/mol. The Morgan fingerprint density at radius 3 is 2.50 bits per heavy atom. The molecule has 1 aliphatic heterocycles. The standard InChI is InChI=1S/C10H19NO5/c1-3-7(13)11-8-5(2)16-6(4-12)9(14)10(8)15/h5-6,8-10,12,14-15H,3-4H2,1-2H3,(H,11,13)/t5?,6-,8+,9+,10-/m1/s1. The van der Waals surface area contributed by atoms with E-state index in [0.29, 0.717) is 6.42 Å². The molecule has 0 spiro atoms. The molecule has 16 heavy (non-hydrogen) atoms. The Labute approximate surface area is 94.2 Å². The number of ether oxygens (including phenoxy) is 1. The molecule has 1 aliphatic rings. The van der Waals surface area contributed by atoms with Crippen molar-refractivity contribution in [1.82, 2.24) is 5.32 Å². The van der Waals surface area contributed by atoms with Crippen LogP contribution in [-0.2, 0) is 9.53 Å². The van der Waals surface area contributed by atoms with Crippen molar-refractivity contribution in [2.24, 2.45) is 0 Å². The first-order valence-corrected chi connectivity index (χ1v) is 5.43. The summed E-state index contributed by atoms with van der Waals surface area (Å²) in [7, 11) is 0. The Morgan fingerprint density at radius 1 is 1.38 bits per heavy atom. The molecule has 6 heteroatoms. The molecule has 0 aromatic rings. The van der Waals surface area contributed by atoms with E-state index in [9.17, 15) is 15.0 Å². The molecule has 1 fully saturated rings. The van der Waals surface area contributed by atoms with Crippen molar-refractivity contribution in [3.63, 3.8) is 0 Å². The molecule has 5 atom stereocenters. The summed E-state index contributed by atoms with van der Waals surface area (Å²) in [6.07, 6.45) is -3.28. The molecule has 0 radical (unpaired) electrons. The molecule has 1 amide bonds. The number of nitrogens with one attached hydrogen (secondary N) is 1. The SMILES string of the molecule is CCC(=O)N[C@H]1C(C)O[C@H](CO)[C@H](O)[C@@H]1O. The first-order valence-electron chi connectivity index (χ1n) is 5.43. The van der Waals surface area contributed by atoms with Gasteiger partial charge in [-0.15, -0.1) is 0 Å². The van der Waals surface area contributed by atoms with Crippen molar-refractivity contribution in [1.29, 1.82) is 0 Å². The van der Waals surface area contributed by atoms with Crippen molar-refractivity contribution in [2.75, 3.05) is 6.61 Å². The van der Waals surface area contributed by atoms with Crippen molar-refractivity contribution in [3.8, 4) is 0 Å². The van der Waals surface area contributed by atoms with Crippen LogP contribution in [0, 0.1) is 0 Å². The zero-order valence-electron chi connectivity index (χ0n) is 9.46. The first kappa shape index (κ1) is 13.4. The van der Waals surface area contributed by atoms with E-state index in [1.807, 2.05) is 0 Å². The lowest BCUT2D eigenvalue weighted by atomic mass is 9.93. The van der Waals surface area contributed by atoms with E-state index in [0.717, 1.165) is 0 Å². The topological polar surface area (TPSA) is 99.0 Å². The summed E-state index contributed by atoms with van der Waals surface area (Å²) in [5.74, 6) is -0.214.